The van der Waals surface area contributed by atoms with Crippen LogP contribution in [0.5, 0.6) is 0 Å². The molecule has 0 saturated carbocycles. The van der Waals surface area contributed by atoms with Gasteiger partial charge in [0.2, 0.25) is 5.91 Å². The monoisotopic (exact) mass is 749 g/mol. The lowest BCUT2D eigenvalue weighted by Gasteiger charge is -2.25. The lowest BCUT2D eigenvalue weighted by Crippen LogP contribution is -2.47. The van der Waals surface area contributed by atoms with Crippen molar-refractivity contribution in [2.75, 3.05) is 19.8 Å². The zero-order chi connectivity index (χ0) is 37.7. The average Bonchev–Trinajstić information content (AvgIpc) is 3.10. The highest BCUT2D eigenvalue weighted by molar-refractivity contribution is 7.47. The number of carbonyl (C=O) groups is 1. The van der Waals surface area contributed by atoms with Crippen molar-refractivity contribution in [2.45, 2.75) is 238 Å². The van der Waals surface area contributed by atoms with E-state index < -0.39 is 32.0 Å². The minimum atomic E-state index is -4.37. The Morgan fingerprint density at radius 1 is 0.588 bits per heavy atom. The third kappa shape index (κ3) is 36.2. The summed E-state index contributed by atoms with van der Waals surface area (Å²) >= 11 is 0. The molecular weight excluding hydrogens is 663 g/mol. The maximum Gasteiger partial charge on any atom is 0.472 e. The van der Waals surface area contributed by atoms with E-state index >= 15 is 0 Å². The number of hydrogen-bond donors (Lipinski definition) is 5. The van der Waals surface area contributed by atoms with Gasteiger partial charge in [0.1, 0.15) is 0 Å². The summed E-state index contributed by atoms with van der Waals surface area (Å²) in [6, 6.07) is -0.889. The van der Waals surface area contributed by atoms with E-state index in [0.29, 0.717) is 12.8 Å². The van der Waals surface area contributed by atoms with Gasteiger partial charge in [0.25, 0.3) is 0 Å². The molecule has 10 heteroatoms. The van der Waals surface area contributed by atoms with Crippen LogP contribution in [0.15, 0.2) is 0 Å². The van der Waals surface area contributed by atoms with Crippen molar-refractivity contribution in [1.29, 1.82) is 0 Å². The van der Waals surface area contributed by atoms with Crippen molar-refractivity contribution < 1.29 is 33.5 Å². The number of nitrogens with one attached hydrogen (secondary N) is 1. The summed E-state index contributed by atoms with van der Waals surface area (Å²) in [5, 5.41) is 24.1. The third-order valence-corrected chi connectivity index (χ3v) is 11.0. The third-order valence-electron chi connectivity index (χ3n) is 10.0. The van der Waals surface area contributed by atoms with Crippen LogP contribution >= 0.6 is 7.82 Å². The molecule has 4 unspecified atom stereocenters. The lowest BCUT2D eigenvalue weighted by molar-refractivity contribution is -0.125. The molecule has 0 aromatic heterocycles. The molecule has 0 aromatic carbocycles. The van der Waals surface area contributed by atoms with Gasteiger partial charge in [-0.05, 0) is 12.8 Å². The van der Waals surface area contributed by atoms with Gasteiger partial charge in [-0.3, -0.25) is 13.8 Å². The van der Waals surface area contributed by atoms with Gasteiger partial charge in [-0.25, -0.2) is 4.57 Å². The van der Waals surface area contributed by atoms with Crippen LogP contribution in [-0.4, -0.2) is 59.0 Å². The van der Waals surface area contributed by atoms with Crippen LogP contribution in [0.1, 0.15) is 219 Å². The van der Waals surface area contributed by atoms with Gasteiger partial charge in [-0.15, -0.1) is 0 Å². The Balaban J connectivity index is 4.18. The molecule has 51 heavy (non-hydrogen) atoms. The highest BCUT2D eigenvalue weighted by atomic mass is 31.2. The molecule has 0 heterocycles. The van der Waals surface area contributed by atoms with Crippen molar-refractivity contribution in [2.24, 2.45) is 5.73 Å². The molecule has 9 nitrogen and oxygen atoms in total. The summed E-state index contributed by atoms with van der Waals surface area (Å²) in [7, 11) is -4.37. The molecule has 1 amide bonds. The number of hydrogen-bond acceptors (Lipinski definition) is 7. The van der Waals surface area contributed by atoms with Gasteiger partial charge in [0.15, 0.2) is 0 Å². The molecule has 0 radical (unpaired) electrons. The van der Waals surface area contributed by atoms with Crippen LogP contribution in [-0.2, 0) is 18.4 Å². The Bertz CT molecular complexity index is 791. The molecule has 0 bridgehead atoms. The van der Waals surface area contributed by atoms with Crippen molar-refractivity contribution in [1.82, 2.24) is 5.32 Å². The van der Waals surface area contributed by atoms with Crippen molar-refractivity contribution in [3.05, 3.63) is 0 Å². The van der Waals surface area contributed by atoms with E-state index in [0.717, 1.165) is 38.5 Å². The molecule has 306 valence electrons. The number of unbranched alkanes of at least 4 members (excludes halogenated alkanes) is 27. The van der Waals surface area contributed by atoms with Crippen LogP contribution in [0.3, 0.4) is 0 Å². The molecule has 0 saturated heterocycles. The Kier molecular flexibility index (Phi) is 37.4. The minimum Gasteiger partial charge on any atom is -0.393 e. The number of aliphatic hydroxyl groups is 2. The fraction of sp³-hybridized carbons (Fsp3) is 0.976. The van der Waals surface area contributed by atoms with Crippen LogP contribution < -0.4 is 11.1 Å². The van der Waals surface area contributed by atoms with Crippen molar-refractivity contribution in [3.63, 3.8) is 0 Å². The van der Waals surface area contributed by atoms with Gasteiger partial charge in [-0.1, -0.05) is 200 Å². The summed E-state index contributed by atoms with van der Waals surface area (Å²) in [5.41, 5.74) is 5.36. The van der Waals surface area contributed by atoms with Crippen LogP contribution in [0.2, 0.25) is 0 Å². The summed E-state index contributed by atoms with van der Waals surface area (Å²) in [6.07, 6.45) is 35.8. The van der Waals surface area contributed by atoms with Gasteiger partial charge >= 0.3 is 7.82 Å². The molecule has 0 fully saturated rings. The Morgan fingerprint density at radius 2 is 0.941 bits per heavy atom. The first-order chi connectivity index (χ1) is 24.8. The van der Waals surface area contributed by atoms with E-state index in [1.54, 1.807) is 0 Å². The summed E-state index contributed by atoms with van der Waals surface area (Å²) in [4.78, 5) is 22.7. The first-order valence-corrected chi connectivity index (χ1v) is 23.2. The van der Waals surface area contributed by atoms with Crippen LogP contribution in [0.25, 0.3) is 0 Å². The fourth-order valence-electron chi connectivity index (χ4n) is 6.71. The molecule has 0 aromatic rings. The number of phosphoric ester groups is 1. The molecule has 0 aliphatic heterocycles. The molecule has 6 N–H and O–H groups in total. The number of rotatable bonds is 41. The zero-order valence-electron chi connectivity index (χ0n) is 33.5. The van der Waals surface area contributed by atoms with E-state index in [4.69, 9.17) is 14.8 Å². The number of amides is 1. The smallest absolute Gasteiger partial charge is 0.393 e. The minimum absolute atomic E-state index is 0.0625. The zero-order valence-corrected chi connectivity index (χ0v) is 34.4. The molecule has 0 spiro atoms. The Morgan fingerprint density at radius 3 is 1.31 bits per heavy atom. The number of carbonyl (C=O) groups excluding carboxylic acids is 1. The number of phosphoric acid groups is 1. The van der Waals surface area contributed by atoms with Crippen LogP contribution in [0.4, 0.5) is 0 Å². The second kappa shape index (κ2) is 37.8. The highest BCUT2D eigenvalue weighted by Gasteiger charge is 2.28. The van der Waals surface area contributed by atoms with E-state index in [2.05, 4.69) is 19.2 Å². The first kappa shape index (κ1) is 50.5. The Labute approximate surface area is 315 Å². The standard InChI is InChI=1S/C41H85N2O7P/c1-3-5-7-9-11-13-14-15-16-17-18-19-20-21-22-23-25-27-29-31-33-40(45)39(37-50-51(47,48)49-35-34-42)43-41(46)36-38(44)32-30-28-26-24-12-10-8-6-4-2/h38-40,44-45H,3-37,42H2,1-2H3,(H,43,46)(H,47,48). The Hall–Kier alpha value is -0.540. The van der Waals surface area contributed by atoms with Gasteiger partial charge in [0, 0.05) is 6.54 Å². The van der Waals surface area contributed by atoms with Gasteiger partial charge < -0.3 is 26.2 Å². The van der Waals surface area contributed by atoms with E-state index in [9.17, 15) is 24.5 Å². The van der Waals surface area contributed by atoms with Crippen molar-refractivity contribution >= 4 is 13.7 Å². The molecular formula is C41H85N2O7P. The predicted octanol–water partition coefficient (Wildman–Crippen LogP) is 10.8. The highest BCUT2D eigenvalue weighted by Crippen LogP contribution is 2.43. The second-order valence-electron chi connectivity index (χ2n) is 15.1. The number of nitrogens with two attached hydrogens (primary N) is 1. The maximum atomic E-state index is 12.8. The molecule has 0 aliphatic rings. The largest absolute Gasteiger partial charge is 0.472 e. The predicted molar refractivity (Wildman–Crippen MR) is 214 cm³/mol. The lowest BCUT2D eigenvalue weighted by atomic mass is 10.0. The normalized spacial score (nSPS) is 14.7. The topological polar surface area (TPSA) is 151 Å². The first-order valence-electron chi connectivity index (χ1n) is 21.7. The van der Waals surface area contributed by atoms with Crippen molar-refractivity contribution in [3.8, 4) is 0 Å². The van der Waals surface area contributed by atoms with Crippen LogP contribution in [0, 0.1) is 0 Å². The van der Waals surface area contributed by atoms with Gasteiger partial charge in [0.05, 0.1) is 37.9 Å². The van der Waals surface area contributed by atoms with E-state index in [1.807, 2.05) is 0 Å². The van der Waals surface area contributed by atoms with E-state index in [-0.39, 0.29) is 26.2 Å². The summed E-state index contributed by atoms with van der Waals surface area (Å²) in [6.45, 7) is 4.04. The number of aliphatic hydroxyl groups excluding tert-OH is 2. The molecule has 0 rings (SSSR count). The fourth-order valence-corrected chi connectivity index (χ4v) is 7.47. The molecule has 4 atom stereocenters. The second-order valence-corrected chi connectivity index (χ2v) is 16.6. The average molecular weight is 749 g/mol. The van der Waals surface area contributed by atoms with E-state index in [1.165, 1.54) is 148 Å². The summed E-state index contributed by atoms with van der Waals surface area (Å²) in [5.74, 6) is -0.412. The molecule has 0 aliphatic carbocycles. The maximum absolute atomic E-state index is 12.8. The quantitative estimate of drug-likeness (QED) is 0.0306. The van der Waals surface area contributed by atoms with Gasteiger partial charge in [-0.2, -0.15) is 0 Å². The SMILES string of the molecule is CCCCCCCCCCCCCCCCCCCCCCC(O)C(COP(=O)(O)OCCN)NC(=O)CC(O)CCCCCCCCCCC. The summed E-state index contributed by atoms with van der Waals surface area (Å²) < 4.78 is 22.1.